The van der Waals surface area contributed by atoms with Crippen molar-refractivity contribution in [2.45, 2.75) is 18.8 Å². The standard InChI is InChI=1S/C17H19N9O2/c1-24-15-11(9-18-24)16(27)20-17(19-15)25-7-5-10(6-8-25)14-22-21-12-3-4-13(28-2)23-26(12)14/h3-4,9-10H,5-8H2,1-2H3,(H,19,20,27). The van der Waals surface area contributed by atoms with Crippen LogP contribution in [0, 0.1) is 0 Å². The lowest BCUT2D eigenvalue weighted by atomic mass is 9.96. The van der Waals surface area contributed by atoms with Crippen LogP contribution >= 0.6 is 0 Å². The van der Waals surface area contributed by atoms with Gasteiger partial charge in [-0.05, 0) is 18.9 Å². The first kappa shape index (κ1) is 16.7. The number of nitrogens with one attached hydrogen (secondary N) is 1. The van der Waals surface area contributed by atoms with Crippen LogP contribution in [0.15, 0.2) is 23.1 Å². The maximum absolute atomic E-state index is 12.3. The van der Waals surface area contributed by atoms with Crippen molar-refractivity contribution in [3.8, 4) is 5.88 Å². The fourth-order valence-corrected chi connectivity index (χ4v) is 3.67. The van der Waals surface area contributed by atoms with Gasteiger partial charge >= 0.3 is 0 Å². The van der Waals surface area contributed by atoms with E-state index in [1.54, 1.807) is 29.4 Å². The molecule has 0 aromatic carbocycles. The van der Waals surface area contributed by atoms with Gasteiger partial charge in [0.1, 0.15) is 5.39 Å². The lowest BCUT2D eigenvalue weighted by Crippen LogP contribution is -2.35. The predicted molar refractivity (Wildman–Crippen MR) is 101 cm³/mol. The van der Waals surface area contributed by atoms with Gasteiger partial charge in [-0.3, -0.25) is 14.5 Å². The fraction of sp³-hybridized carbons (Fsp3) is 0.412. The molecule has 0 radical (unpaired) electrons. The van der Waals surface area contributed by atoms with Gasteiger partial charge in [-0.2, -0.15) is 14.6 Å². The van der Waals surface area contributed by atoms with Crippen LogP contribution in [0.3, 0.4) is 0 Å². The molecule has 5 rings (SSSR count). The molecule has 4 aromatic heterocycles. The summed E-state index contributed by atoms with van der Waals surface area (Å²) in [5.74, 6) is 2.15. The van der Waals surface area contributed by atoms with Crippen molar-refractivity contribution >= 4 is 22.6 Å². The Hall–Kier alpha value is -3.50. The molecule has 11 heteroatoms. The Morgan fingerprint density at radius 1 is 1.21 bits per heavy atom. The summed E-state index contributed by atoms with van der Waals surface area (Å²) in [6, 6.07) is 3.61. The van der Waals surface area contributed by atoms with Gasteiger partial charge in [0.15, 0.2) is 17.1 Å². The summed E-state index contributed by atoms with van der Waals surface area (Å²) in [6.07, 6.45) is 3.24. The molecule has 4 aromatic rings. The van der Waals surface area contributed by atoms with Crippen molar-refractivity contribution in [3.05, 3.63) is 34.5 Å². The van der Waals surface area contributed by atoms with Gasteiger partial charge in [0.2, 0.25) is 11.8 Å². The summed E-state index contributed by atoms with van der Waals surface area (Å²) in [7, 11) is 3.37. The second kappa shape index (κ2) is 6.29. The first-order valence-electron chi connectivity index (χ1n) is 9.07. The van der Waals surface area contributed by atoms with Crippen molar-refractivity contribution < 1.29 is 4.74 Å². The van der Waals surface area contributed by atoms with Gasteiger partial charge in [-0.1, -0.05) is 0 Å². The van der Waals surface area contributed by atoms with Crippen LogP contribution in [0.2, 0.25) is 0 Å². The van der Waals surface area contributed by atoms with Crippen LogP contribution in [0.1, 0.15) is 24.6 Å². The molecule has 1 N–H and O–H groups in total. The first-order chi connectivity index (χ1) is 13.6. The molecule has 28 heavy (non-hydrogen) atoms. The largest absolute Gasteiger partial charge is 0.480 e. The van der Waals surface area contributed by atoms with E-state index in [9.17, 15) is 4.79 Å². The molecule has 0 atom stereocenters. The number of aromatic nitrogens is 8. The van der Waals surface area contributed by atoms with Crippen molar-refractivity contribution in [1.82, 2.24) is 39.6 Å². The number of hydrogen-bond acceptors (Lipinski definition) is 8. The lowest BCUT2D eigenvalue weighted by molar-refractivity contribution is 0.386. The minimum atomic E-state index is -0.171. The highest BCUT2D eigenvalue weighted by Crippen LogP contribution is 2.28. The van der Waals surface area contributed by atoms with E-state index in [2.05, 4.69) is 35.3 Å². The van der Waals surface area contributed by atoms with E-state index in [1.807, 2.05) is 6.07 Å². The smallest absolute Gasteiger partial charge is 0.263 e. The molecule has 0 aliphatic carbocycles. The number of fused-ring (bicyclic) bond motifs is 2. The lowest BCUT2D eigenvalue weighted by Gasteiger charge is -2.31. The number of aromatic amines is 1. The molecule has 0 saturated carbocycles. The van der Waals surface area contributed by atoms with Crippen LogP contribution < -0.4 is 15.2 Å². The maximum Gasteiger partial charge on any atom is 0.263 e. The van der Waals surface area contributed by atoms with Gasteiger partial charge in [0.25, 0.3) is 5.56 Å². The Bertz CT molecular complexity index is 1220. The van der Waals surface area contributed by atoms with E-state index in [-0.39, 0.29) is 11.5 Å². The Labute approximate surface area is 159 Å². The van der Waals surface area contributed by atoms with Gasteiger partial charge in [0.05, 0.1) is 13.3 Å². The average Bonchev–Trinajstić information content (AvgIpc) is 3.31. The molecule has 5 heterocycles. The zero-order valence-electron chi connectivity index (χ0n) is 15.5. The number of aryl methyl sites for hydroxylation is 1. The Morgan fingerprint density at radius 2 is 2.04 bits per heavy atom. The molecule has 0 bridgehead atoms. The number of nitrogens with zero attached hydrogens (tertiary/aromatic N) is 8. The van der Waals surface area contributed by atoms with Crippen molar-refractivity contribution in [1.29, 1.82) is 0 Å². The molecule has 1 aliphatic heterocycles. The molecule has 1 aliphatic rings. The van der Waals surface area contributed by atoms with E-state index in [0.29, 0.717) is 28.5 Å². The number of rotatable bonds is 3. The number of H-pyrrole nitrogens is 1. The number of methoxy groups -OCH3 is 1. The third-order valence-corrected chi connectivity index (χ3v) is 5.22. The average molecular weight is 381 g/mol. The third kappa shape index (κ3) is 2.58. The summed E-state index contributed by atoms with van der Waals surface area (Å²) in [5, 5.41) is 17.6. The zero-order valence-corrected chi connectivity index (χ0v) is 15.5. The summed E-state index contributed by atoms with van der Waals surface area (Å²) < 4.78 is 8.58. The molecule has 11 nitrogen and oxygen atoms in total. The Morgan fingerprint density at radius 3 is 2.82 bits per heavy atom. The van der Waals surface area contributed by atoms with Gasteiger partial charge < -0.3 is 9.64 Å². The van der Waals surface area contributed by atoms with Crippen LogP contribution in [0.5, 0.6) is 5.88 Å². The predicted octanol–water partition coefficient (Wildman–Crippen LogP) is 0.487. The molecule has 0 spiro atoms. The minimum absolute atomic E-state index is 0.171. The van der Waals surface area contributed by atoms with Crippen molar-refractivity contribution in [3.63, 3.8) is 0 Å². The molecule has 0 unspecified atom stereocenters. The van der Waals surface area contributed by atoms with Crippen molar-refractivity contribution in [2.24, 2.45) is 7.05 Å². The molecular weight excluding hydrogens is 362 g/mol. The fourth-order valence-electron chi connectivity index (χ4n) is 3.67. The molecule has 1 saturated heterocycles. The summed E-state index contributed by atoms with van der Waals surface area (Å²) in [6.45, 7) is 1.49. The monoisotopic (exact) mass is 381 g/mol. The number of ether oxygens (including phenoxy) is 1. The SMILES string of the molecule is COc1ccc2nnc(C3CCN(c4nc5c(cnn5C)c(=O)[nH]4)CC3)n2n1. The zero-order chi connectivity index (χ0) is 19.3. The van der Waals surface area contributed by atoms with E-state index in [4.69, 9.17) is 4.74 Å². The Balaban J connectivity index is 1.40. The van der Waals surface area contributed by atoms with Crippen LogP contribution in [0.4, 0.5) is 5.95 Å². The van der Waals surface area contributed by atoms with Gasteiger partial charge in [-0.15, -0.1) is 15.3 Å². The second-order valence-electron chi connectivity index (χ2n) is 6.86. The molecular formula is C17H19N9O2. The van der Waals surface area contributed by atoms with Gasteiger partial charge in [-0.25, -0.2) is 0 Å². The number of anilines is 1. The minimum Gasteiger partial charge on any atom is -0.480 e. The maximum atomic E-state index is 12.3. The highest BCUT2D eigenvalue weighted by Gasteiger charge is 2.26. The van der Waals surface area contributed by atoms with E-state index in [1.165, 1.54) is 6.20 Å². The second-order valence-corrected chi connectivity index (χ2v) is 6.86. The number of hydrogen-bond donors (Lipinski definition) is 1. The van der Waals surface area contributed by atoms with E-state index >= 15 is 0 Å². The van der Waals surface area contributed by atoms with Gasteiger partial charge in [0, 0.05) is 32.1 Å². The summed E-state index contributed by atoms with van der Waals surface area (Å²) >= 11 is 0. The summed E-state index contributed by atoms with van der Waals surface area (Å²) in [5.41, 5.74) is 1.11. The first-order valence-corrected chi connectivity index (χ1v) is 9.07. The molecule has 0 amide bonds. The molecule has 144 valence electrons. The van der Waals surface area contributed by atoms with Crippen LogP contribution in [0.25, 0.3) is 16.7 Å². The Kier molecular flexibility index (Phi) is 3.74. The highest BCUT2D eigenvalue weighted by atomic mass is 16.5. The molecule has 1 fully saturated rings. The van der Waals surface area contributed by atoms with E-state index in [0.717, 1.165) is 31.8 Å². The normalized spacial score (nSPS) is 15.6. The third-order valence-electron chi connectivity index (χ3n) is 5.22. The van der Waals surface area contributed by atoms with Crippen LogP contribution in [-0.4, -0.2) is 59.8 Å². The van der Waals surface area contributed by atoms with Crippen molar-refractivity contribution in [2.75, 3.05) is 25.1 Å². The van der Waals surface area contributed by atoms with E-state index < -0.39 is 0 Å². The quantitative estimate of drug-likeness (QED) is 0.544. The topological polar surface area (TPSA) is 119 Å². The van der Waals surface area contributed by atoms with Crippen LogP contribution in [-0.2, 0) is 7.05 Å². The number of piperidine rings is 1. The highest BCUT2D eigenvalue weighted by molar-refractivity contribution is 5.74. The summed E-state index contributed by atoms with van der Waals surface area (Å²) in [4.78, 5) is 21.8.